The third-order valence-corrected chi connectivity index (χ3v) is 3.68. The average molecular weight is 197 g/mol. The predicted molar refractivity (Wildman–Crippen MR) is 54.6 cm³/mol. The molecule has 4 nitrogen and oxygen atoms in total. The quantitative estimate of drug-likeness (QED) is 0.612. The molecule has 0 saturated carbocycles. The van der Waals surface area contributed by atoms with Crippen LogP contribution in [0.5, 0.6) is 0 Å². The molecule has 2 rings (SSSR count). The third-order valence-electron chi connectivity index (χ3n) is 3.68. The van der Waals surface area contributed by atoms with Crippen LogP contribution >= 0.6 is 0 Å². The number of nitrogens with zero attached hydrogens (tertiary/aromatic N) is 1. The van der Waals surface area contributed by atoms with Gasteiger partial charge < -0.3 is 16.4 Å². The lowest BCUT2D eigenvalue weighted by molar-refractivity contribution is -0.126. The Morgan fingerprint density at radius 3 is 2.86 bits per heavy atom. The standard InChI is InChI=1S/C10H19N3O/c11-9(14)10(12)4-6-13-5-2-1-3-8(13)7-10/h8H,1-7,12H2,(H2,11,14). The van der Waals surface area contributed by atoms with Gasteiger partial charge in [-0.15, -0.1) is 0 Å². The summed E-state index contributed by atoms with van der Waals surface area (Å²) in [6.07, 6.45) is 5.19. The van der Waals surface area contributed by atoms with Crippen molar-refractivity contribution in [3.8, 4) is 0 Å². The van der Waals surface area contributed by atoms with E-state index in [1.54, 1.807) is 0 Å². The van der Waals surface area contributed by atoms with Gasteiger partial charge in [-0.05, 0) is 32.2 Å². The van der Waals surface area contributed by atoms with Crippen molar-refractivity contribution in [2.45, 2.75) is 43.7 Å². The Bertz CT molecular complexity index is 244. The van der Waals surface area contributed by atoms with E-state index in [1.807, 2.05) is 0 Å². The molecule has 0 radical (unpaired) electrons. The maximum atomic E-state index is 11.2. The first kappa shape index (κ1) is 9.93. The number of rotatable bonds is 1. The molecule has 0 aliphatic carbocycles. The lowest BCUT2D eigenvalue weighted by Crippen LogP contribution is -2.62. The maximum Gasteiger partial charge on any atom is 0.237 e. The van der Waals surface area contributed by atoms with Crippen LogP contribution in [0.4, 0.5) is 0 Å². The minimum Gasteiger partial charge on any atom is -0.368 e. The van der Waals surface area contributed by atoms with Gasteiger partial charge in [0.2, 0.25) is 5.91 Å². The van der Waals surface area contributed by atoms with Crippen LogP contribution in [0.3, 0.4) is 0 Å². The van der Waals surface area contributed by atoms with Gasteiger partial charge >= 0.3 is 0 Å². The first-order chi connectivity index (χ1) is 6.62. The largest absolute Gasteiger partial charge is 0.368 e. The Morgan fingerprint density at radius 2 is 2.14 bits per heavy atom. The van der Waals surface area contributed by atoms with Gasteiger partial charge in [0.05, 0.1) is 5.54 Å². The van der Waals surface area contributed by atoms with Crippen molar-refractivity contribution in [2.75, 3.05) is 13.1 Å². The zero-order chi connectivity index (χ0) is 10.2. The number of carbonyl (C=O) groups excluding carboxylic acids is 1. The van der Waals surface area contributed by atoms with Gasteiger partial charge in [0, 0.05) is 12.6 Å². The summed E-state index contributed by atoms with van der Waals surface area (Å²) in [6, 6.07) is 0.495. The number of nitrogens with two attached hydrogens (primary N) is 2. The Hall–Kier alpha value is -0.610. The van der Waals surface area contributed by atoms with E-state index in [0.717, 1.165) is 19.4 Å². The van der Waals surface area contributed by atoms with E-state index < -0.39 is 5.54 Å². The molecule has 80 valence electrons. The number of hydrogen-bond acceptors (Lipinski definition) is 3. The summed E-state index contributed by atoms with van der Waals surface area (Å²) in [6.45, 7) is 2.10. The lowest BCUT2D eigenvalue weighted by Gasteiger charge is -2.45. The second-order valence-corrected chi connectivity index (χ2v) is 4.66. The molecule has 4 heteroatoms. The van der Waals surface area contributed by atoms with E-state index in [2.05, 4.69) is 4.90 Å². The van der Waals surface area contributed by atoms with E-state index >= 15 is 0 Å². The number of piperidine rings is 2. The second kappa shape index (κ2) is 3.51. The van der Waals surface area contributed by atoms with E-state index in [9.17, 15) is 4.79 Å². The van der Waals surface area contributed by atoms with Gasteiger partial charge in [-0.1, -0.05) is 6.42 Å². The van der Waals surface area contributed by atoms with Crippen molar-refractivity contribution in [3.63, 3.8) is 0 Å². The topological polar surface area (TPSA) is 72.3 Å². The molecule has 0 spiro atoms. The molecule has 0 aromatic heterocycles. The number of hydrogen-bond donors (Lipinski definition) is 2. The smallest absolute Gasteiger partial charge is 0.237 e. The second-order valence-electron chi connectivity index (χ2n) is 4.66. The van der Waals surface area contributed by atoms with Crippen molar-refractivity contribution < 1.29 is 4.79 Å². The van der Waals surface area contributed by atoms with Crippen LogP contribution in [0.1, 0.15) is 32.1 Å². The minimum absolute atomic E-state index is 0.331. The van der Waals surface area contributed by atoms with Crippen LogP contribution in [0.15, 0.2) is 0 Å². The van der Waals surface area contributed by atoms with E-state index in [1.165, 1.54) is 25.8 Å². The Labute approximate surface area is 84.6 Å². The molecule has 0 aromatic carbocycles. The highest BCUT2D eigenvalue weighted by molar-refractivity contribution is 5.84. The fraction of sp³-hybridized carbons (Fsp3) is 0.900. The highest BCUT2D eigenvalue weighted by Gasteiger charge is 2.41. The summed E-state index contributed by atoms with van der Waals surface area (Å²) in [5, 5.41) is 0. The van der Waals surface area contributed by atoms with Crippen molar-refractivity contribution in [2.24, 2.45) is 11.5 Å². The van der Waals surface area contributed by atoms with Gasteiger partial charge in [0.1, 0.15) is 0 Å². The van der Waals surface area contributed by atoms with Crippen LogP contribution in [0.2, 0.25) is 0 Å². The molecule has 4 N–H and O–H groups in total. The van der Waals surface area contributed by atoms with Crippen LogP contribution < -0.4 is 11.5 Å². The first-order valence-corrected chi connectivity index (χ1v) is 5.45. The van der Waals surface area contributed by atoms with Crippen molar-refractivity contribution >= 4 is 5.91 Å². The molecular formula is C10H19N3O. The molecule has 2 saturated heterocycles. The van der Waals surface area contributed by atoms with E-state index in [4.69, 9.17) is 11.5 Å². The summed E-state index contributed by atoms with van der Waals surface area (Å²) in [5.74, 6) is -0.331. The van der Waals surface area contributed by atoms with Gasteiger partial charge in [0.15, 0.2) is 0 Å². The molecule has 0 bridgehead atoms. The summed E-state index contributed by atoms with van der Waals surface area (Å²) < 4.78 is 0. The molecule has 14 heavy (non-hydrogen) atoms. The van der Waals surface area contributed by atoms with Crippen molar-refractivity contribution in [3.05, 3.63) is 0 Å². The molecule has 2 atom stereocenters. The van der Waals surface area contributed by atoms with Crippen LogP contribution in [-0.4, -0.2) is 35.5 Å². The zero-order valence-electron chi connectivity index (χ0n) is 8.54. The Morgan fingerprint density at radius 1 is 1.36 bits per heavy atom. The van der Waals surface area contributed by atoms with Crippen LogP contribution in [-0.2, 0) is 4.79 Å². The fourth-order valence-electron chi connectivity index (χ4n) is 2.67. The fourth-order valence-corrected chi connectivity index (χ4v) is 2.67. The molecule has 2 heterocycles. The molecular weight excluding hydrogens is 178 g/mol. The van der Waals surface area contributed by atoms with Gasteiger partial charge in [-0.3, -0.25) is 4.79 Å². The van der Waals surface area contributed by atoms with Crippen molar-refractivity contribution in [1.29, 1.82) is 0 Å². The average Bonchev–Trinajstić information content (AvgIpc) is 2.17. The minimum atomic E-state index is -0.738. The highest BCUT2D eigenvalue weighted by Crippen LogP contribution is 2.30. The lowest BCUT2D eigenvalue weighted by atomic mass is 9.80. The number of amides is 1. The van der Waals surface area contributed by atoms with Crippen LogP contribution in [0, 0.1) is 0 Å². The number of fused-ring (bicyclic) bond motifs is 1. The van der Waals surface area contributed by atoms with E-state index in [0.29, 0.717) is 6.04 Å². The maximum absolute atomic E-state index is 11.2. The first-order valence-electron chi connectivity index (χ1n) is 5.45. The zero-order valence-corrected chi connectivity index (χ0v) is 8.54. The number of carbonyl (C=O) groups is 1. The third kappa shape index (κ3) is 1.64. The van der Waals surface area contributed by atoms with Gasteiger partial charge in [-0.2, -0.15) is 0 Å². The Kier molecular flexibility index (Phi) is 2.49. The van der Waals surface area contributed by atoms with Crippen molar-refractivity contribution in [1.82, 2.24) is 4.90 Å². The SMILES string of the molecule is NC(=O)C1(N)CCN2CCCCC2C1. The molecule has 2 fully saturated rings. The monoisotopic (exact) mass is 197 g/mol. The van der Waals surface area contributed by atoms with Gasteiger partial charge in [0.25, 0.3) is 0 Å². The predicted octanol–water partition coefficient (Wildman–Crippen LogP) is -0.183. The van der Waals surface area contributed by atoms with Crippen LogP contribution in [0.25, 0.3) is 0 Å². The highest BCUT2D eigenvalue weighted by atomic mass is 16.1. The molecule has 1 amide bonds. The molecule has 2 unspecified atom stereocenters. The molecule has 0 aromatic rings. The van der Waals surface area contributed by atoms with Gasteiger partial charge in [-0.25, -0.2) is 0 Å². The normalized spacial score (nSPS) is 39.1. The summed E-state index contributed by atoms with van der Waals surface area (Å²) in [5.41, 5.74) is 10.6. The van der Waals surface area contributed by atoms with E-state index in [-0.39, 0.29) is 5.91 Å². The number of primary amides is 1. The summed E-state index contributed by atoms with van der Waals surface area (Å²) >= 11 is 0. The Balaban J connectivity index is 2.05. The molecule has 2 aliphatic rings. The summed E-state index contributed by atoms with van der Waals surface area (Å²) in [7, 11) is 0. The molecule has 2 aliphatic heterocycles. The summed E-state index contributed by atoms with van der Waals surface area (Å²) in [4.78, 5) is 13.7.